The Morgan fingerprint density at radius 2 is 1.95 bits per heavy atom. The van der Waals surface area contributed by atoms with Crippen LogP contribution < -0.4 is 5.73 Å². The van der Waals surface area contributed by atoms with Crippen molar-refractivity contribution < 1.29 is 0 Å². The van der Waals surface area contributed by atoms with Crippen molar-refractivity contribution >= 4 is 17.2 Å². The highest BCUT2D eigenvalue weighted by Crippen LogP contribution is 2.24. The number of nitrogens with zero attached hydrogens (tertiary/aromatic N) is 1. The minimum absolute atomic E-state index is 0.546. The fourth-order valence-electron chi connectivity index (χ4n) is 3.23. The highest BCUT2D eigenvalue weighted by atomic mass is 32.1. The summed E-state index contributed by atoms with van der Waals surface area (Å²) in [7, 11) is 0. The monoisotopic (exact) mass is 290 g/mol. The van der Waals surface area contributed by atoms with Crippen molar-refractivity contribution in [2.45, 2.75) is 45.1 Å². The van der Waals surface area contributed by atoms with Gasteiger partial charge in [0.05, 0.1) is 4.99 Å². The zero-order chi connectivity index (χ0) is 14.4. The summed E-state index contributed by atoms with van der Waals surface area (Å²) in [6.45, 7) is 4.62. The van der Waals surface area contributed by atoms with Crippen LogP contribution in [0.4, 0.5) is 0 Å². The zero-order valence-corrected chi connectivity index (χ0v) is 13.2. The van der Waals surface area contributed by atoms with Gasteiger partial charge >= 0.3 is 0 Å². The van der Waals surface area contributed by atoms with Gasteiger partial charge < -0.3 is 5.73 Å². The van der Waals surface area contributed by atoms with Crippen LogP contribution in [0.2, 0.25) is 0 Å². The van der Waals surface area contributed by atoms with Gasteiger partial charge in [0.25, 0.3) is 0 Å². The molecule has 0 amide bonds. The van der Waals surface area contributed by atoms with E-state index < -0.39 is 0 Å². The minimum atomic E-state index is 0.546. The molecule has 1 saturated heterocycles. The lowest BCUT2D eigenvalue weighted by atomic mass is 9.89. The molecule has 0 bridgehead atoms. The van der Waals surface area contributed by atoms with Gasteiger partial charge in [-0.3, -0.25) is 4.90 Å². The molecule has 1 aromatic carbocycles. The van der Waals surface area contributed by atoms with Crippen LogP contribution in [0.3, 0.4) is 0 Å². The summed E-state index contributed by atoms with van der Waals surface area (Å²) in [5.41, 5.74) is 7.18. The summed E-state index contributed by atoms with van der Waals surface area (Å²) >= 11 is 5.07. The fraction of sp³-hybridized carbons (Fsp3) is 0.588. The summed E-state index contributed by atoms with van der Waals surface area (Å²) in [6, 6.07) is 11.4. The Hall–Kier alpha value is -0.930. The molecule has 1 aliphatic rings. The van der Waals surface area contributed by atoms with Crippen molar-refractivity contribution in [3.05, 3.63) is 35.9 Å². The molecule has 1 aromatic rings. The quantitative estimate of drug-likeness (QED) is 0.814. The molecule has 0 saturated carbocycles. The normalized spacial score (nSPS) is 18.9. The van der Waals surface area contributed by atoms with Gasteiger partial charge in [-0.15, -0.1) is 0 Å². The summed E-state index contributed by atoms with van der Waals surface area (Å²) in [5.74, 6) is 0.830. The van der Waals surface area contributed by atoms with Crippen LogP contribution in [-0.4, -0.2) is 29.0 Å². The molecule has 3 heteroatoms. The van der Waals surface area contributed by atoms with Crippen molar-refractivity contribution in [1.29, 1.82) is 0 Å². The van der Waals surface area contributed by atoms with Crippen LogP contribution in [-0.2, 0) is 6.42 Å². The van der Waals surface area contributed by atoms with E-state index in [9.17, 15) is 0 Å². The van der Waals surface area contributed by atoms with E-state index in [-0.39, 0.29) is 0 Å². The maximum atomic E-state index is 5.71. The molecule has 1 unspecified atom stereocenters. The second-order valence-electron chi connectivity index (χ2n) is 5.90. The minimum Gasteiger partial charge on any atom is -0.393 e. The summed E-state index contributed by atoms with van der Waals surface area (Å²) in [4.78, 5) is 3.24. The highest BCUT2D eigenvalue weighted by molar-refractivity contribution is 7.80. The largest absolute Gasteiger partial charge is 0.393 e. The number of piperidine rings is 1. The Morgan fingerprint density at radius 3 is 2.50 bits per heavy atom. The lowest BCUT2D eigenvalue weighted by Gasteiger charge is -2.37. The van der Waals surface area contributed by atoms with Gasteiger partial charge in [0, 0.05) is 12.5 Å². The molecule has 0 aliphatic carbocycles. The molecule has 1 atom stereocenters. The van der Waals surface area contributed by atoms with Crippen LogP contribution in [0, 0.1) is 5.92 Å². The number of hydrogen-bond acceptors (Lipinski definition) is 2. The third-order valence-electron chi connectivity index (χ3n) is 4.44. The summed E-state index contributed by atoms with van der Waals surface area (Å²) < 4.78 is 0. The Kier molecular flexibility index (Phi) is 5.99. The molecule has 2 nitrogen and oxygen atoms in total. The second kappa shape index (κ2) is 7.75. The topological polar surface area (TPSA) is 29.3 Å². The maximum absolute atomic E-state index is 5.71. The third kappa shape index (κ3) is 4.57. The van der Waals surface area contributed by atoms with E-state index in [4.69, 9.17) is 18.0 Å². The van der Waals surface area contributed by atoms with Crippen molar-refractivity contribution in [1.82, 2.24) is 4.90 Å². The van der Waals surface area contributed by atoms with Crippen molar-refractivity contribution in [3.63, 3.8) is 0 Å². The van der Waals surface area contributed by atoms with Gasteiger partial charge in [0.1, 0.15) is 0 Å². The molecule has 1 aliphatic heterocycles. The Labute approximate surface area is 128 Å². The van der Waals surface area contributed by atoms with E-state index in [1.54, 1.807) is 0 Å². The van der Waals surface area contributed by atoms with Crippen LogP contribution >= 0.6 is 12.2 Å². The van der Waals surface area contributed by atoms with Crippen molar-refractivity contribution in [3.8, 4) is 0 Å². The molecular weight excluding hydrogens is 264 g/mol. The molecule has 110 valence electrons. The number of likely N-dealkylation sites (tertiary alicyclic amines) is 1. The number of benzene rings is 1. The van der Waals surface area contributed by atoms with Gasteiger partial charge in [-0.2, -0.15) is 0 Å². The van der Waals surface area contributed by atoms with Crippen LogP contribution in [0.5, 0.6) is 0 Å². The molecule has 2 rings (SSSR count). The van der Waals surface area contributed by atoms with E-state index >= 15 is 0 Å². The first kappa shape index (κ1) is 15.5. The van der Waals surface area contributed by atoms with E-state index in [2.05, 4.69) is 42.2 Å². The number of rotatable bonds is 6. The van der Waals surface area contributed by atoms with E-state index in [1.165, 1.54) is 37.9 Å². The van der Waals surface area contributed by atoms with Gasteiger partial charge in [0.2, 0.25) is 0 Å². The van der Waals surface area contributed by atoms with Crippen LogP contribution in [0.1, 0.15) is 38.2 Å². The lowest BCUT2D eigenvalue weighted by molar-refractivity contribution is 0.132. The van der Waals surface area contributed by atoms with Gasteiger partial charge in [-0.25, -0.2) is 0 Å². The van der Waals surface area contributed by atoms with E-state index in [0.717, 1.165) is 18.8 Å². The highest BCUT2D eigenvalue weighted by Gasteiger charge is 2.24. The SMILES string of the molecule is CCC(CC(N)=S)N1CCC(Cc2ccccc2)CC1. The predicted octanol–water partition coefficient (Wildman–Crippen LogP) is 3.40. The molecule has 0 radical (unpaired) electrons. The number of thiocarbonyl (C=S) groups is 1. The zero-order valence-electron chi connectivity index (χ0n) is 12.4. The second-order valence-corrected chi connectivity index (χ2v) is 6.43. The molecule has 1 fully saturated rings. The third-order valence-corrected chi connectivity index (χ3v) is 4.61. The van der Waals surface area contributed by atoms with E-state index in [0.29, 0.717) is 11.0 Å². The van der Waals surface area contributed by atoms with Crippen LogP contribution in [0.25, 0.3) is 0 Å². The van der Waals surface area contributed by atoms with Gasteiger partial charge in [-0.05, 0) is 50.3 Å². The Balaban J connectivity index is 1.81. The van der Waals surface area contributed by atoms with Crippen molar-refractivity contribution in [2.24, 2.45) is 11.7 Å². The molecule has 0 spiro atoms. The van der Waals surface area contributed by atoms with Gasteiger partial charge in [0.15, 0.2) is 0 Å². The van der Waals surface area contributed by atoms with Gasteiger partial charge in [-0.1, -0.05) is 49.5 Å². The molecule has 1 heterocycles. The first-order chi connectivity index (χ1) is 9.69. The number of nitrogens with two attached hydrogens (primary N) is 1. The fourth-order valence-corrected chi connectivity index (χ4v) is 3.43. The smallest absolute Gasteiger partial charge is 0.0743 e. The first-order valence-corrected chi connectivity index (χ1v) is 8.16. The summed E-state index contributed by atoms with van der Waals surface area (Å²) in [5, 5.41) is 0. The molecule has 2 N–H and O–H groups in total. The predicted molar refractivity (Wildman–Crippen MR) is 89.9 cm³/mol. The molecule has 20 heavy (non-hydrogen) atoms. The standard InChI is InChI=1S/C17H26N2S/c1-2-16(13-17(18)20)19-10-8-15(9-11-19)12-14-6-4-3-5-7-14/h3-7,15-16H,2,8-13H2,1H3,(H2,18,20). The molecule has 0 aromatic heterocycles. The average molecular weight is 290 g/mol. The average Bonchev–Trinajstić information content (AvgIpc) is 2.46. The van der Waals surface area contributed by atoms with Crippen molar-refractivity contribution in [2.75, 3.05) is 13.1 Å². The number of hydrogen-bond donors (Lipinski definition) is 1. The maximum Gasteiger partial charge on any atom is 0.0743 e. The van der Waals surface area contributed by atoms with E-state index in [1.807, 2.05) is 0 Å². The molecular formula is C17H26N2S. The summed E-state index contributed by atoms with van der Waals surface area (Å²) in [6.07, 6.45) is 5.82. The Morgan fingerprint density at radius 1 is 1.30 bits per heavy atom. The lowest BCUT2D eigenvalue weighted by Crippen LogP contribution is -2.43. The van der Waals surface area contributed by atoms with Crippen LogP contribution in [0.15, 0.2) is 30.3 Å². The first-order valence-electron chi connectivity index (χ1n) is 7.75. The Bertz CT molecular complexity index is 410.